The highest BCUT2D eigenvalue weighted by Gasteiger charge is 2.38. The first-order valence-corrected chi connectivity index (χ1v) is 10.6. The second-order valence-corrected chi connectivity index (χ2v) is 8.04. The van der Waals surface area contributed by atoms with Gasteiger partial charge in [0.05, 0.1) is 0 Å². The van der Waals surface area contributed by atoms with Crippen LogP contribution in [0.25, 0.3) is 0 Å². The minimum atomic E-state index is -5.08. The average molecular weight is 461 g/mol. The molecule has 0 saturated carbocycles. The molecule has 32 heavy (non-hydrogen) atoms. The van der Waals surface area contributed by atoms with Crippen molar-refractivity contribution in [2.45, 2.75) is 31.1 Å². The first kappa shape index (κ1) is 24.2. The van der Waals surface area contributed by atoms with Gasteiger partial charge in [-0.2, -0.15) is 28.1 Å². The molecule has 11 nitrogen and oxygen atoms in total. The highest BCUT2D eigenvalue weighted by Crippen LogP contribution is 2.18. The number of alkyl halides is 3. The molecular formula is C18H30F3N9O2. The van der Waals surface area contributed by atoms with Crippen molar-refractivity contribution >= 4 is 23.8 Å². The normalized spacial score (nSPS) is 24.1. The van der Waals surface area contributed by atoms with Crippen molar-refractivity contribution in [2.75, 3.05) is 74.9 Å². The van der Waals surface area contributed by atoms with Crippen LogP contribution in [0.3, 0.4) is 0 Å². The summed E-state index contributed by atoms with van der Waals surface area (Å²) in [5, 5.41) is 20.8. The lowest BCUT2D eigenvalue weighted by Crippen LogP contribution is -2.45. The zero-order valence-electron chi connectivity index (χ0n) is 18.0. The molecule has 0 spiro atoms. The fraction of sp³-hybridized carbons (Fsp3) is 0.778. The van der Waals surface area contributed by atoms with Crippen LogP contribution in [0.5, 0.6) is 0 Å². The molecule has 3 aliphatic rings. The van der Waals surface area contributed by atoms with Gasteiger partial charge in [0.15, 0.2) is 0 Å². The van der Waals surface area contributed by atoms with Crippen molar-refractivity contribution in [2.24, 2.45) is 0 Å². The van der Waals surface area contributed by atoms with E-state index in [-0.39, 0.29) is 0 Å². The van der Waals surface area contributed by atoms with Gasteiger partial charge in [-0.25, -0.2) is 4.79 Å². The molecule has 0 aromatic carbocycles. The van der Waals surface area contributed by atoms with Crippen LogP contribution in [0.4, 0.5) is 31.0 Å². The Kier molecular flexibility index (Phi) is 8.26. The molecule has 4 rings (SSSR count). The second-order valence-electron chi connectivity index (χ2n) is 8.04. The van der Waals surface area contributed by atoms with Crippen LogP contribution in [0.15, 0.2) is 0 Å². The number of carbonyl (C=O) groups is 1. The van der Waals surface area contributed by atoms with E-state index in [2.05, 4.69) is 43.1 Å². The third kappa shape index (κ3) is 7.31. The second kappa shape index (κ2) is 10.9. The molecule has 1 aromatic rings. The van der Waals surface area contributed by atoms with E-state index in [0.717, 1.165) is 71.1 Å². The van der Waals surface area contributed by atoms with Crippen molar-refractivity contribution in [3.05, 3.63) is 0 Å². The summed E-state index contributed by atoms with van der Waals surface area (Å²) in [5.41, 5.74) is 0. The molecule has 0 bridgehead atoms. The molecule has 5 N–H and O–H groups in total. The van der Waals surface area contributed by atoms with E-state index >= 15 is 0 Å². The smallest absolute Gasteiger partial charge is 0.475 e. The van der Waals surface area contributed by atoms with Crippen LogP contribution < -0.4 is 26.2 Å². The Bertz CT molecular complexity index is 711. The van der Waals surface area contributed by atoms with E-state index < -0.39 is 12.1 Å². The van der Waals surface area contributed by atoms with Gasteiger partial charge in [0, 0.05) is 51.4 Å². The van der Waals surface area contributed by atoms with Gasteiger partial charge in [-0.15, -0.1) is 0 Å². The van der Waals surface area contributed by atoms with Gasteiger partial charge >= 0.3 is 12.1 Å². The van der Waals surface area contributed by atoms with Crippen LogP contribution in [-0.2, 0) is 4.79 Å². The van der Waals surface area contributed by atoms with Crippen molar-refractivity contribution in [3.63, 3.8) is 0 Å². The summed E-state index contributed by atoms with van der Waals surface area (Å²) in [6.07, 6.45) is -2.88. The first-order chi connectivity index (χ1) is 15.2. The fourth-order valence-electron chi connectivity index (χ4n) is 3.56. The Labute approximate surface area is 184 Å². The first-order valence-electron chi connectivity index (χ1n) is 10.6. The lowest BCUT2D eigenvalue weighted by Gasteiger charge is -2.32. The van der Waals surface area contributed by atoms with Gasteiger partial charge in [-0.05, 0) is 33.0 Å². The number of anilines is 3. The summed E-state index contributed by atoms with van der Waals surface area (Å²) in [6.45, 7) is 8.01. The molecule has 14 heteroatoms. The number of piperazine rings is 1. The highest BCUT2D eigenvalue weighted by molar-refractivity contribution is 5.73. The van der Waals surface area contributed by atoms with Crippen LogP contribution in [0.2, 0.25) is 0 Å². The number of nitrogens with zero attached hydrogens (tertiary/aromatic N) is 5. The summed E-state index contributed by atoms with van der Waals surface area (Å²) in [5.74, 6) is -0.602. The zero-order valence-corrected chi connectivity index (χ0v) is 18.0. The lowest BCUT2D eigenvalue weighted by atomic mass is 10.3. The Morgan fingerprint density at radius 1 is 0.969 bits per heavy atom. The number of halogens is 3. The number of aromatic nitrogens is 3. The van der Waals surface area contributed by atoms with Gasteiger partial charge in [0.1, 0.15) is 0 Å². The third-order valence-corrected chi connectivity index (χ3v) is 5.44. The summed E-state index contributed by atoms with van der Waals surface area (Å²) in [4.78, 5) is 27.6. The standard InChI is InChI=1S/C16H29N9.C2HF3O2/c1-24-6-8-25(9-7-24)16-22-14(19-12-2-4-17-10-12)21-15(23-16)20-13-3-5-18-11-13;3-2(4,5)1(6)7/h12-13,17-18H,2-11H2,1H3,(H2,19,20,21,22,23);(H,6,7)/t12-,13-;/m1./s1. The molecule has 0 amide bonds. The molecular weight excluding hydrogens is 431 g/mol. The maximum absolute atomic E-state index is 10.6. The molecule has 0 unspecified atom stereocenters. The quantitative estimate of drug-likeness (QED) is 0.400. The van der Waals surface area contributed by atoms with E-state index in [9.17, 15) is 13.2 Å². The Morgan fingerprint density at radius 3 is 1.81 bits per heavy atom. The van der Waals surface area contributed by atoms with E-state index in [1.165, 1.54) is 0 Å². The molecule has 3 saturated heterocycles. The van der Waals surface area contributed by atoms with Crippen LogP contribution >= 0.6 is 0 Å². The molecule has 3 fully saturated rings. The number of aliphatic carboxylic acids is 1. The summed E-state index contributed by atoms with van der Waals surface area (Å²) in [7, 11) is 2.16. The lowest BCUT2D eigenvalue weighted by molar-refractivity contribution is -0.192. The van der Waals surface area contributed by atoms with Gasteiger partial charge < -0.3 is 36.2 Å². The zero-order chi connectivity index (χ0) is 23.1. The highest BCUT2D eigenvalue weighted by atomic mass is 19.4. The molecule has 3 aliphatic heterocycles. The van der Waals surface area contributed by atoms with Crippen molar-refractivity contribution in [3.8, 4) is 0 Å². The minimum Gasteiger partial charge on any atom is -0.475 e. The van der Waals surface area contributed by atoms with Gasteiger partial charge in [0.25, 0.3) is 0 Å². The summed E-state index contributed by atoms with van der Waals surface area (Å²) < 4.78 is 31.7. The van der Waals surface area contributed by atoms with Gasteiger partial charge in [-0.1, -0.05) is 0 Å². The maximum Gasteiger partial charge on any atom is 0.490 e. The van der Waals surface area contributed by atoms with Crippen LogP contribution in [-0.4, -0.2) is 109 Å². The summed E-state index contributed by atoms with van der Waals surface area (Å²) in [6, 6.07) is 0.785. The number of hydrogen-bond acceptors (Lipinski definition) is 10. The summed E-state index contributed by atoms with van der Waals surface area (Å²) >= 11 is 0. The van der Waals surface area contributed by atoms with E-state index in [0.29, 0.717) is 24.0 Å². The van der Waals surface area contributed by atoms with E-state index in [4.69, 9.17) is 19.9 Å². The van der Waals surface area contributed by atoms with Crippen molar-refractivity contribution < 1.29 is 23.1 Å². The van der Waals surface area contributed by atoms with Crippen LogP contribution in [0.1, 0.15) is 12.8 Å². The van der Waals surface area contributed by atoms with Gasteiger partial charge in [0.2, 0.25) is 17.8 Å². The number of hydrogen-bond donors (Lipinski definition) is 5. The topological polar surface area (TPSA) is 131 Å². The van der Waals surface area contributed by atoms with Crippen molar-refractivity contribution in [1.29, 1.82) is 0 Å². The van der Waals surface area contributed by atoms with Gasteiger partial charge in [-0.3, -0.25) is 0 Å². The number of carboxylic acids is 1. The van der Waals surface area contributed by atoms with Crippen LogP contribution in [0, 0.1) is 0 Å². The predicted octanol–water partition coefficient (Wildman–Crippen LogP) is -0.196. The number of likely N-dealkylation sites (N-methyl/N-ethyl adjacent to an activating group) is 1. The third-order valence-electron chi connectivity index (χ3n) is 5.44. The Balaban J connectivity index is 0.000000360. The molecule has 1 aromatic heterocycles. The monoisotopic (exact) mass is 461 g/mol. The molecule has 0 aliphatic carbocycles. The molecule has 180 valence electrons. The SMILES string of the molecule is CN1CCN(c2nc(N[C@@H]3CCNC3)nc(N[C@@H]3CCNC3)n2)CC1.O=C(O)C(F)(F)F. The largest absolute Gasteiger partial charge is 0.490 e. The molecule has 0 radical (unpaired) electrons. The number of nitrogens with one attached hydrogen (secondary N) is 4. The number of rotatable bonds is 5. The Hall–Kier alpha value is -2.45. The minimum absolute atomic E-state index is 0.392. The maximum atomic E-state index is 10.6. The van der Waals surface area contributed by atoms with E-state index in [1.807, 2.05) is 0 Å². The van der Waals surface area contributed by atoms with Crippen molar-refractivity contribution in [1.82, 2.24) is 30.5 Å². The van der Waals surface area contributed by atoms with E-state index in [1.54, 1.807) is 0 Å². The average Bonchev–Trinajstić information content (AvgIpc) is 3.42. The molecule has 4 heterocycles. The Morgan fingerprint density at radius 2 is 1.44 bits per heavy atom. The predicted molar refractivity (Wildman–Crippen MR) is 113 cm³/mol. The number of carboxylic acid groups (broad SMARTS) is 1. The molecule has 2 atom stereocenters. The fourth-order valence-corrected chi connectivity index (χ4v) is 3.56.